The quantitative estimate of drug-likeness (QED) is 0.644. The zero-order valence-electron chi connectivity index (χ0n) is 18.5. The zero-order chi connectivity index (χ0) is 23.7. The number of anilines is 2. The first-order chi connectivity index (χ1) is 16.5. The van der Waals surface area contributed by atoms with Crippen LogP contribution in [0.4, 0.5) is 15.8 Å². The smallest absolute Gasteiger partial charge is 0.254 e. The standard InChI is InChI=1S/C27H24FN3O3/c28-22-7-10-24(11-8-22)31-17-21(15-25(31)32)26(33)29-23-9-6-18-12-13-30(16-20(18)14-23)27(34)19-4-2-1-3-5-19/h1-11,14,21H,12-13,15-17H2,(H,29,33)/t21-/m1/s1. The van der Waals surface area contributed by atoms with Gasteiger partial charge in [-0.1, -0.05) is 24.3 Å². The Morgan fingerprint density at radius 2 is 1.71 bits per heavy atom. The van der Waals surface area contributed by atoms with Crippen LogP contribution in [0.5, 0.6) is 0 Å². The van der Waals surface area contributed by atoms with Crippen LogP contribution in [0.15, 0.2) is 72.8 Å². The van der Waals surface area contributed by atoms with E-state index in [-0.39, 0.29) is 36.5 Å². The summed E-state index contributed by atoms with van der Waals surface area (Å²) in [5, 5.41) is 2.93. The summed E-state index contributed by atoms with van der Waals surface area (Å²) in [5.41, 5.74) is 4.05. The van der Waals surface area contributed by atoms with E-state index in [1.807, 2.05) is 53.4 Å². The van der Waals surface area contributed by atoms with Crippen molar-refractivity contribution in [3.8, 4) is 0 Å². The molecule has 0 aromatic heterocycles. The zero-order valence-corrected chi connectivity index (χ0v) is 18.5. The maximum Gasteiger partial charge on any atom is 0.254 e. The molecule has 0 bridgehead atoms. The van der Waals surface area contributed by atoms with E-state index in [9.17, 15) is 18.8 Å². The number of benzene rings is 3. The second-order valence-electron chi connectivity index (χ2n) is 8.70. The lowest BCUT2D eigenvalue weighted by Crippen LogP contribution is -2.36. The lowest BCUT2D eigenvalue weighted by molar-refractivity contribution is -0.122. The topological polar surface area (TPSA) is 69.7 Å². The first-order valence-electron chi connectivity index (χ1n) is 11.3. The van der Waals surface area contributed by atoms with Gasteiger partial charge in [0.05, 0.1) is 5.92 Å². The van der Waals surface area contributed by atoms with E-state index in [4.69, 9.17) is 0 Å². The van der Waals surface area contributed by atoms with Gasteiger partial charge in [0.2, 0.25) is 11.8 Å². The molecule has 2 aliphatic rings. The van der Waals surface area contributed by atoms with E-state index in [1.165, 1.54) is 17.0 Å². The van der Waals surface area contributed by atoms with Crippen LogP contribution >= 0.6 is 0 Å². The average molecular weight is 458 g/mol. The fourth-order valence-corrected chi connectivity index (χ4v) is 4.57. The molecule has 7 heteroatoms. The summed E-state index contributed by atoms with van der Waals surface area (Å²) in [6, 6.07) is 20.6. The fourth-order valence-electron chi connectivity index (χ4n) is 4.57. The van der Waals surface area contributed by atoms with Crippen molar-refractivity contribution in [1.29, 1.82) is 0 Å². The minimum Gasteiger partial charge on any atom is -0.334 e. The Morgan fingerprint density at radius 1 is 0.941 bits per heavy atom. The Hall–Kier alpha value is -4.00. The molecule has 1 saturated heterocycles. The highest BCUT2D eigenvalue weighted by Gasteiger charge is 2.35. The first-order valence-corrected chi connectivity index (χ1v) is 11.3. The molecule has 6 nitrogen and oxygen atoms in total. The number of hydrogen-bond acceptors (Lipinski definition) is 3. The van der Waals surface area contributed by atoms with Crippen molar-refractivity contribution in [2.24, 2.45) is 5.92 Å². The van der Waals surface area contributed by atoms with Gasteiger partial charge in [-0.05, 0) is 66.1 Å². The summed E-state index contributed by atoms with van der Waals surface area (Å²) in [6.07, 6.45) is 0.861. The Kier molecular flexibility index (Phi) is 5.84. The van der Waals surface area contributed by atoms with Gasteiger partial charge >= 0.3 is 0 Å². The molecule has 0 unspecified atom stereocenters. The third-order valence-electron chi connectivity index (χ3n) is 6.43. The van der Waals surface area contributed by atoms with Gasteiger partial charge < -0.3 is 15.1 Å². The van der Waals surface area contributed by atoms with Crippen LogP contribution in [-0.2, 0) is 22.6 Å². The van der Waals surface area contributed by atoms with Crippen molar-refractivity contribution in [3.05, 3.63) is 95.3 Å². The molecular weight excluding hydrogens is 433 g/mol. The minimum absolute atomic E-state index is 0.00830. The van der Waals surface area contributed by atoms with Crippen molar-refractivity contribution in [1.82, 2.24) is 4.90 Å². The van der Waals surface area contributed by atoms with E-state index in [0.29, 0.717) is 30.0 Å². The SMILES string of the molecule is O=C(Nc1ccc2c(c1)CN(C(=O)c1ccccc1)CC2)[C@@H]1CC(=O)N(c2ccc(F)cc2)C1. The molecule has 0 aliphatic carbocycles. The molecule has 3 aromatic rings. The van der Waals surface area contributed by atoms with Gasteiger partial charge in [0.15, 0.2) is 0 Å². The Labute approximate surface area is 197 Å². The lowest BCUT2D eigenvalue weighted by Gasteiger charge is -2.29. The fraction of sp³-hybridized carbons (Fsp3) is 0.222. The third-order valence-corrected chi connectivity index (χ3v) is 6.43. The Morgan fingerprint density at radius 3 is 2.47 bits per heavy atom. The van der Waals surface area contributed by atoms with Gasteiger partial charge in [0.1, 0.15) is 5.82 Å². The normalized spacial score (nSPS) is 17.4. The van der Waals surface area contributed by atoms with E-state index in [1.54, 1.807) is 12.1 Å². The van der Waals surface area contributed by atoms with E-state index >= 15 is 0 Å². The maximum atomic E-state index is 13.2. The highest BCUT2D eigenvalue weighted by molar-refractivity contribution is 6.03. The molecule has 1 atom stereocenters. The van der Waals surface area contributed by atoms with E-state index in [0.717, 1.165) is 17.5 Å². The summed E-state index contributed by atoms with van der Waals surface area (Å²) in [7, 11) is 0. The van der Waals surface area contributed by atoms with E-state index in [2.05, 4.69) is 5.32 Å². The van der Waals surface area contributed by atoms with Gasteiger partial charge in [-0.2, -0.15) is 0 Å². The number of nitrogens with one attached hydrogen (secondary N) is 1. The van der Waals surface area contributed by atoms with Crippen molar-refractivity contribution >= 4 is 29.1 Å². The number of amides is 3. The Balaban J connectivity index is 1.25. The van der Waals surface area contributed by atoms with Gasteiger partial charge in [-0.25, -0.2) is 4.39 Å². The van der Waals surface area contributed by atoms with Gasteiger partial charge in [0.25, 0.3) is 5.91 Å². The maximum absolute atomic E-state index is 13.2. The molecule has 3 aromatic carbocycles. The van der Waals surface area contributed by atoms with Crippen molar-refractivity contribution in [2.75, 3.05) is 23.3 Å². The summed E-state index contributed by atoms with van der Waals surface area (Å²) < 4.78 is 13.2. The average Bonchev–Trinajstić information content (AvgIpc) is 3.26. The second-order valence-corrected chi connectivity index (χ2v) is 8.70. The van der Waals surface area contributed by atoms with Crippen LogP contribution in [0.2, 0.25) is 0 Å². The molecule has 0 saturated carbocycles. The highest BCUT2D eigenvalue weighted by atomic mass is 19.1. The molecule has 172 valence electrons. The summed E-state index contributed by atoms with van der Waals surface area (Å²) >= 11 is 0. The number of fused-ring (bicyclic) bond motifs is 1. The number of hydrogen-bond donors (Lipinski definition) is 1. The number of carbonyl (C=O) groups excluding carboxylic acids is 3. The third kappa shape index (κ3) is 4.41. The molecule has 0 spiro atoms. The van der Waals surface area contributed by atoms with Crippen molar-refractivity contribution in [3.63, 3.8) is 0 Å². The van der Waals surface area contributed by atoms with Gasteiger partial charge in [-0.15, -0.1) is 0 Å². The van der Waals surface area contributed by atoms with Crippen LogP contribution in [-0.4, -0.2) is 35.7 Å². The number of carbonyl (C=O) groups is 3. The van der Waals surface area contributed by atoms with Crippen LogP contribution in [0.3, 0.4) is 0 Å². The number of halogens is 1. The van der Waals surface area contributed by atoms with Crippen LogP contribution in [0.25, 0.3) is 0 Å². The molecule has 5 rings (SSSR count). The van der Waals surface area contributed by atoms with Crippen LogP contribution in [0, 0.1) is 11.7 Å². The minimum atomic E-state index is -0.496. The number of nitrogens with zero attached hydrogens (tertiary/aromatic N) is 2. The van der Waals surface area contributed by atoms with Crippen LogP contribution in [0.1, 0.15) is 27.9 Å². The summed E-state index contributed by atoms with van der Waals surface area (Å²) in [6.45, 7) is 1.38. The van der Waals surface area contributed by atoms with Crippen LogP contribution < -0.4 is 10.2 Å². The van der Waals surface area contributed by atoms with Gasteiger partial charge in [0, 0.05) is 43.0 Å². The van der Waals surface area contributed by atoms with Crippen molar-refractivity contribution in [2.45, 2.75) is 19.4 Å². The molecule has 1 N–H and O–H groups in total. The first kappa shape index (κ1) is 21.8. The molecule has 2 aliphatic heterocycles. The van der Waals surface area contributed by atoms with Gasteiger partial charge in [-0.3, -0.25) is 14.4 Å². The van der Waals surface area contributed by atoms with E-state index < -0.39 is 5.92 Å². The molecule has 0 radical (unpaired) electrons. The predicted molar refractivity (Wildman–Crippen MR) is 127 cm³/mol. The van der Waals surface area contributed by atoms with Crippen molar-refractivity contribution < 1.29 is 18.8 Å². The lowest BCUT2D eigenvalue weighted by atomic mass is 9.98. The predicted octanol–water partition coefficient (Wildman–Crippen LogP) is 4.02. The molecule has 1 fully saturated rings. The Bertz CT molecular complexity index is 1240. The molecule has 3 amide bonds. The molecular formula is C27H24FN3O3. The summed E-state index contributed by atoms with van der Waals surface area (Å²) in [5.74, 6) is -1.27. The monoisotopic (exact) mass is 457 g/mol. The number of rotatable bonds is 4. The second kappa shape index (κ2) is 9.09. The largest absolute Gasteiger partial charge is 0.334 e. The highest BCUT2D eigenvalue weighted by Crippen LogP contribution is 2.28. The molecule has 2 heterocycles. The summed E-state index contributed by atoms with van der Waals surface area (Å²) in [4.78, 5) is 41.5. The molecule has 34 heavy (non-hydrogen) atoms.